The van der Waals surface area contributed by atoms with Crippen LogP contribution in [0.1, 0.15) is 41.4 Å². The number of pyridine rings is 1. The zero-order valence-electron chi connectivity index (χ0n) is 14.5. The molecule has 7 nitrogen and oxygen atoms in total. The van der Waals surface area contributed by atoms with Gasteiger partial charge in [-0.25, -0.2) is 4.98 Å². The van der Waals surface area contributed by atoms with Gasteiger partial charge in [0.15, 0.2) is 5.65 Å². The number of aromatic nitrogens is 5. The molecule has 25 heavy (non-hydrogen) atoms. The maximum Gasteiger partial charge on any atom is 0.227 e. The van der Waals surface area contributed by atoms with E-state index < -0.39 is 0 Å². The molecule has 1 aliphatic heterocycles. The maximum atomic E-state index is 12.8. The summed E-state index contributed by atoms with van der Waals surface area (Å²) in [6, 6.07) is 4.10. The van der Waals surface area contributed by atoms with Gasteiger partial charge in [-0.2, -0.15) is 10.2 Å². The first-order valence-electron chi connectivity index (χ1n) is 8.70. The van der Waals surface area contributed by atoms with Gasteiger partial charge < -0.3 is 4.90 Å². The standard InChI is InChI=1S/C18H22N6O/c1-11-15(12(2)22-21-11)8-17(25)24-7-3-4-14(10-24)16-6-5-13-9-19-23-18(13)20-16/h5-6,9,14H,3-4,7-8,10H2,1-2H3,(H,21,22)(H,19,20,23)/t14-/m1/s1. The van der Waals surface area contributed by atoms with Gasteiger partial charge in [0.2, 0.25) is 5.91 Å². The number of carbonyl (C=O) groups excluding carboxylic acids is 1. The van der Waals surface area contributed by atoms with E-state index >= 15 is 0 Å². The van der Waals surface area contributed by atoms with Crippen LogP contribution in [0.2, 0.25) is 0 Å². The molecule has 1 saturated heterocycles. The van der Waals surface area contributed by atoms with Gasteiger partial charge in [0.1, 0.15) is 0 Å². The third-order valence-electron chi connectivity index (χ3n) is 5.12. The first-order valence-corrected chi connectivity index (χ1v) is 8.70. The summed E-state index contributed by atoms with van der Waals surface area (Å²) in [6.45, 7) is 5.44. The Hall–Kier alpha value is -2.70. The van der Waals surface area contributed by atoms with E-state index in [1.165, 1.54) is 0 Å². The molecule has 1 atom stereocenters. The van der Waals surface area contributed by atoms with Crippen LogP contribution in [-0.4, -0.2) is 49.3 Å². The number of piperidine rings is 1. The number of aryl methyl sites for hydroxylation is 2. The molecule has 0 unspecified atom stereocenters. The average Bonchev–Trinajstić information content (AvgIpc) is 3.22. The summed E-state index contributed by atoms with van der Waals surface area (Å²) in [5.74, 6) is 0.442. The van der Waals surface area contributed by atoms with E-state index in [1.807, 2.05) is 24.8 Å². The molecule has 130 valence electrons. The quantitative estimate of drug-likeness (QED) is 0.766. The maximum absolute atomic E-state index is 12.8. The molecule has 3 aromatic rings. The van der Waals surface area contributed by atoms with Gasteiger partial charge >= 0.3 is 0 Å². The third kappa shape index (κ3) is 3.01. The summed E-state index contributed by atoms with van der Waals surface area (Å²) < 4.78 is 0. The lowest BCUT2D eigenvalue weighted by molar-refractivity contribution is -0.131. The number of hydrogen-bond acceptors (Lipinski definition) is 4. The molecule has 1 amide bonds. The van der Waals surface area contributed by atoms with E-state index in [1.54, 1.807) is 6.20 Å². The fraction of sp³-hybridized carbons (Fsp3) is 0.444. The summed E-state index contributed by atoms with van der Waals surface area (Å²) in [5.41, 5.74) is 4.75. The number of fused-ring (bicyclic) bond motifs is 1. The molecule has 0 aliphatic carbocycles. The van der Waals surface area contributed by atoms with Crippen molar-refractivity contribution in [3.63, 3.8) is 0 Å². The molecule has 1 aliphatic rings. The Labute approximate surface area is 145 Å². The fourth-order valence-corrected chi connectivity index (χ4v) is 3.61. The van der Waals surface area contributed by atoms with Crippen molar-refractivity contribution in [2.24, 2.45) is 0 Å². The van der Waals surface area contributed by atoms with Crippen LogP contribution in [0.15, 0.2) is 18.3 Å². The van der Waals surface area contributed by atoms with Crippen molar-refractivity contribution in [1.82, 2.24) is 30.3 Å². The normalized spacial score (nSPS) is 18.0. The zero-order chi connectivity index (χ0) is 17.4. The number of likely N-dealkylation sites (tertiary alicyclic amines) is 1. The minimum absolute atomic E-state index is 0.167. The summed E-state index contributed by atoms with van der Waals surface area (Å²) in [6.07, 6.45) is 4.24. The molecular weight excluding hydrogens is 316 g/mol. The molecule has 4 heterocycles. The smallest absolute Gasteiger partial charge is 0.227 e. The lowest BCUT2D eigenvalue weighted by Gasteiger charge is -2.32. The van der Waals surface area contributed by atoms with E-state index in [-0.39, 0.29) is 11.8 Å². The van der Waals surface area contributed by atoms with Crippen LogP contribution in [0.25, 0.3) is 11.0 Å². The van der Waals surface area contributed by atoms with Crippen molar-refractivity contribution in [1.29, 1.82) is 0 Å². The van der Waals surface area contributed by atoms with E-state index in [0.717, 1.165) is 59.6 Å². The number of nitrogens with one attached hydrogen (secondary N) is 2. The second-order valence-corrected chi connectivity index (χ2v) is 6.81. The number of carbonyl (C=O) groups is 1. The number of amides is 1. The van der Waals surface area contributed by atoms with Crippen LogP contribution >= 0.6 is 0 Å². The fourth-order valence-electron chi connectivity index (χ4n) is 3.61. The van der Waals surface area contributed by atoms with E-state index in [2.05, 4.69) is 31.4 Å². The first kappa shape index (κ1) is 15.8. The predicted molar refractivity (Wildman–Crippen MR) is 94.2 cm³/mol. The van der Waals surface area contributed by atoms with Crippen LogP contribution < -0.4 is 0 Å². The van der Waals surface area contributed by atoms with Gasteiger partial charge in [0, 0.05) is 41.3 Å². The van der Waals surface area contributed by atoms with Gasteiger partial charge in [-0.05, 0) is 38.8 Å². The summed E-state index contributed by atoms with van der Waals surface area (Å²) in [7, 11) is 0. The lowest BCUT2D eigenvalue weighted by atomic mass is 9.93. The second kappa shape index (κ2) is 6.31. The first-order chi connectivity index (χ1) is 12.1. The highest BCUT2D eigenvalue weighted by Gasteiger charge is 2.26. The van der Waals surface area contributed by atoms with Gasteiger partial charge in [0.05, 0.1) is 18.3 Å². The van der Waals surface area contributed by atoms with Gasteiger partial charge in [0.25, 0.3) is 0 Å². The number of H-pyrrole nitrogens is 2. The average molecular weight is 338 g/mol. The van der Waals surface area contributed by atoms with Crippen molar-refractivity contribution in [3.8, 4) is 0 Å². The van der Waals surface area contributed by atoms with Crippen molar-refractivity contribution in [3.05, 3.63) is 41.0 Å². The number of nitrogens with zero attached hydrogens (tertiary/aromatic N) is 4. The highest BCUT2D eigenvalue weighted by Crippen LogP contribution is 2.27. The molecule has 2 N–H and O–H groups in total. The molecule has 4 rings (SSSR count). The molecule has 0 saturated carbocycles. The molecule has 0 bridgehead atoms. The molecule has 7 heteroatoms. The Morgan fingerprint density at radius 1 is 1.32 bits per heavy atom. The van der Waals surface area contributed by atoms with Crippen LogP contribution in [0.4, 0.5) is 0 Å². The molecule has 0 radical (unpaired) electrons. The Kier molecular flexibility index (Phi) is 3.99. The predicted octanol–water partition coefficient (Wildman–Crippen LogP) is 2.25. The highest BCUT2D eigenvalue weighted by atomic mass is 16.2. The Bertz CT molecular complexity index is 892. The summed E-state index contributed by atoms with van der Waals surface area (Å²) in [5, 5.41) is 15.1. The topological polar surface area (TPSA) is 90.6 Å². The van der Waals surface area contributed by atoms with Crippen molar-refractivity contribution < 1.29 is 4.79 Å². The zero-order valence-corrected chi connectivity index (χ0v) is 14.5. The molecule has 3 aromatic heterocycles. The third-order valence-corrected chi connectivity index (χ3v) is 5.12. The molecule has 0 aromatic carbocycles. The monoisotopic (exact) mass is 338 g/mol. The van der Waals surface area contributed by atoms with Crippen LogP contribution in [0.5, 0.6) is 0 Å². The Morgan fingerprint density at radius 2 is 2.20 bits per heavy atom. The number of aromatic amines is 2. The lowest BCUT2D eigenvalue weighted by Crippen LogP contribution is -2.40. The van der Waals surface area contributed by atoms with Crippen molar-refractivity contribution in [2.45, 2.75) is 39.0 Å². The largest absolute Gasteiger partial charge is 0.342 e. The van der Waals surface area contributed by atoms with E-state index in [4.69, 9.17) is 0 Å². The van der Waals surface area contributed by atoms with E-state index in [9.17, 15) is 4.79 Å². The van der Waals surface area contributed by atoms with Crippen LogP contribution in [-0.2, 0) is 11.2 Å². The van der Waals surface area contributed by atoms with Gasteiger partial charge in [-0.15, -0.1) is 0 Å². The highest BCUT2D eigenvalue weighted by molar-refractivity contribution is 5.79. The Balaban J connectivity index is 1.49. The summed E-state index contributed by atoms with van der Waals surface area (Å²) >= 11 is 0. The summed E-state index contributed by atoms with van der Waals surface area (Å²) in [4.78, 5) is 19.4. The van der Waals surface area contributed by atoms with Crippen molar-refractivity contribution >= 4 is 16.9 Å². The Morgan fingerprint density at radius 3 is 3.00 bits per heavy atom. The minimum atomic E-state index is 0.167. The van der Waals surface area contributed by atoms with Gasteiger partial charge in [-0.3, -0.25) is 15.0 Å². The SMILES string of the molecule is Cc1n[nH]c(C)c1CC(=O)N1CCC[C@@H](c2ccc3cn[nH]c3n2)C1. The second-order valence-electron chi connectivity index (χ2n) is 6.81. The van der Waals surface area contributed by atoms with Crippen LogP contribution in [0.3, 0.4) is 0 Å². The van der Waals surface area contributed by atoms with Gasteiger partial charge in [-0.1, -0.05) is 0 Å². The van der Waals surface area contributed by atoms with E-state index in [0.29, 0.717) is 6.42 Å². The van der Waals surface area contributed by atoms with Crippen molar-refractivity contribution in [2.75, 3.05) is 13.1 Å². The minimum Gasteiger partial charge on any atom is -0.342 e. The number of hydrogen-bond donors (Lipinski definition) is 2. The van der Waals surface area contributed by atoms with Crippen LogP contribution in [0, 0.1) is 13.8 Å². The molecule has 1 fully saturated rings. The molecule has 0 spiro atoms. The molecular formula is C18H22N6O. The number of rotatable bonds is 3.